The second kappa shape index (κ2) is 3.33. The van der Waals surface area contributed by atoms with Crippen molar-refractivity contribution < 1.29 is 9.59 Å². The Balaban J connectivity index is 1.86. The smallest absolute Gasteiger partial charge is 0.329 e. The number of amides is 3. The lowest BCUT2D eigenvalue weighted by Gasteiger charge is -2.24. The number of imidazole rings is 1. The van der Waals surface area contributed by atoms with Gasteiger partial charge in [0.25, 0.3) is 0 Å². The minimum atomic E-state index is -0.368. The number of nitrogens with one attached hydrogen (secondary N) is 1. The standard InChI is InChI=1S/C10H12N4O2/c15-9-3-5-14(10(16)12-9)8-6-13-4-1-2-7(13)11-8/h6H,1-5H2,(H,12,15,16). The van der Waals surface area contributed by atoms with Crippen molar-refractivity contribution in [1.29, 1.82) is 0 Å². The Morgan fingerprint density at radius 1 is 1.25 bits per heavy atom. The molecule has 0 atom stereocenters. The molecular weight excluding hydrogens is 208 g/mol. The van der Waals surface area contributed by atoms with Crippen molar-refractivity contribution in [1.82, 2.24) is 14.9 Å². The predicted molar refractivity (Wildman–Crippen MR) is 56.0 cm³/mol. The molecular formula is C10H12N4O2. The molecule has 0 spiro atoms. The molecule has 16 heavy (non-hydrogen) atoms. The fourth-order valence-corrected chi connectivity index (χ4v) is 2.15. The van der Waals surface area contributed by atoms with Crippen LogP contribution in [0, 0.1) is 0 Å². The molecule has 0 unspecified atom stereocenters. The molecule has 6 heteroatoms. The number of carbonyl (C=O) groups is 2. The first-order chi connectivity index (χ1) is 7.74. The molecule has 0 saturated carbocycles. The Labute approximate surface area is 92.2 Å². The van der Waals surface area contributed by atoms with E-state index in [0.29, 0.717) is 18.8 Å². The molecule has 0 radical (unpaired) electrons. The first-order valence-electron chi connectivity index (χ1n) is 5.41. The van der Waals surface area contributed by atoms with Crippen LogP contribution in [0.1, 0.15) is 18.7 Å². The van der Waals surface area contributed by atoms with Crippen LogP contribution in [0.5, 0.6) is 0 Å². The first kappa shape index (κ1) is 9.38. The Morgan fingerprint density at radius 3 is 2.88 bits per heavy atom. The Bertz CT molecular complexity index is 444. The number of fused-ring (bicyclic) bond motifs is 1. The second-order valence-electron chi connectivity index (χ2n) is 4.07. The molecule has 3 heterocycles. The lowest BCUT2D eigenvalue weighted by molar-refractivity contribution is -0.120. The molecule has 1 aromatic rings. The highest BCUT2D eigenvalue weighted by molar-refractivity contribution is 6.05. The SMILES string of the molecule is O=C1CCN(c2cn3c(n2)CCC3)C(=O)N1. The number of aryl methyl sites for hydroxylation is 2. The van der Waals surface area contributed by atoms with Gasteiger partial charge in [0.05, 0.1) is 0 Å². The van der Waals surface area contributed by atoms with Gasteiger partial charge in [0, 0.05) is 32.1 Å². The first-order valence-corrected chi connectivity index (χ1v) is 5.41. The number of imide groups is 1. The predicted octanol–water partition coefficient (Wildman–Crippen LogP) is 0.276. The molecule has 1 fully saturated rings. The Kier molecular flexibility index (Phi) is 1.95. The number of rotatable bonds is 1. The highest BCUT2D eigenvalue weighted by Gasteiger charge is 2.27. The van der Waals surface area contributed by atoms with Crippen LogP contribution < -0.4 is 10.2 Å². The number of carbonyl (C=O) groups excluding carboxylic acids is 2. The maximum Gasteiger partial charge on any atom is 0.329 e. The Morgan fingerprint density at radius 2 is 2.12 bits per heavy atom. The van der Waals surface area contributed by atoms with E-state index in [4.69, 9.17) is 0 Å². The summed E-state index contributed by atoms with van der Waals surface area (Å²) in [6.07, 6.45) is 4.31. The average Bonchev–Trinajstić information content (AvgIpc) is 2.76. The van der Waals surface area contributed by atoms with E-state index in [2.05, 4.69) is 14.9 Å². The van der Waals surface area contributed by atoms with E-state index in [-0.39, 0.29) is 11.9 Å². The summed E-state index contributed by atoms with van der Waals surface area (Å²) in [6, 6.07) is -0.368. The highest BCUT2D eigenvalue weighted by atomic mass is 16.2. The normalized spacial score (nSPS) is 19.9. The van der Waals surface area contributed by atoms with Crippen molar-refractivity contribution in [2.75, 3.05) is 11.4 Å². The van der Waals surface area contributed by atoms with Gasteiger partial charge in [-0.3, -0.25) is 15.0 Å². The van der Waals surface area contributed by atoms with Crippen LogP contribution in [0.15, 0.2) is 6.20 Å². The molecule has 3 rings (SSSR count). The second-order valence-corrected chi connectivity index (χ2v) is 4.07. The van der Waals surface area contributed by atoms with Crippen LogP contribution in [0.25, 0.3) is 0 Å². The van der Waals surface area contributed by atoms with Crippen LogP contribution in [0.4, 0.5) is 10.6 Å². The number of hydrogen-bond donors (Lipinski definition) is 1. The van der Waals surface area contributed by atoms with E-state index >= 15 is 0 Å². The van der Waals surface area contributed by atoms with Crippen LogP contribution in [-0.4, -0.2) is 28.0 Å². The molecule has 1 N–H and O–H groups in total. The van der Waals surface area contributed by atoms with Gasteiger partial charge in [-0.1, -0.05) is 0 Å². The maximum atomic E-state index is 11.6. The fourth-order valence-electron chi connectivity index (χ4n) is 2.15. The van der Waals surface area contributed by atoms with E-state index in [1.54, 1.807) is 0 Å². The van der Waals surface area contributed by atoms with Gasteiger partial charge in [-0.05, 0) is 6.42 Å². The van der Waals surface area contributed by atoms with Crippen molar-refractivity contribution in [2.24, 2.45) is 0 Å². The molecule has 0 bridgehead atoms. The molecule has 1 aromatic heterocycles. The van der Waals surface area contributed by atoms with E-state index in [9.17, 15) is 9.59 Å². The third-order valence-corrected chi connectivity index (χ3v) is 2.98. The third kappa shape index (κ3) is 1.37. The zero-order valence-corrected chi connectivity index (χ0v) is 8.77. The minimum Gasteiger partial charge on any atom is -0.333 e. The number of aromatic nitrogens is 2. The van der Waals surface area contributed by atoms with Crippen molar-refractivity contribution in [3.05, 3.63) is 12.0 Å². The van der Waals surface area contributed by atoms with Gasteiger partial charge in [-0.15, -0.1) is 0 Å². The lowest BCUT2D eigenvalue weighted by atomic mass is 10.3. The van der Waals surface area contributed by atoms with Gasteiger partial charge in [0.2, 0.25) is 5.91 Å². The van der Waals surface area contributed by atoms with Gasteiger partial charge in [-0.25, -0.2) is 9.78 Å². The molecule has 3 amide bonds. The summed E-state index contributed by atoms with van der Waals surface area (Å²) < 4.78 is 2.07. The number of anilines is 1. The quantitative estimate of drug-likeness (QED) is 0.739. The summed E-state index contributed by atoms with van der Waals surface area (Å²) in [5.41, 5.74) is 0. The van der Waals surface area contributed by atoms with Gasteiger partial charge < -0.3 is 4.57 Å². The van der Waals surface area contributed by atoms with Gasteiger partial charge >= 0.3 is 6.03 Å². The van der Waals surface area contributed by atoms with Crippen LogP contribution in [-0.2, 0) is 17.8 Å². The third-order valence-electron chi connectivity index (χ3n) is 2.98. The van der Waals surface area contributed by atoms with Crippen molar-refractivity contribution in [2.45, 2.75) is 25.8 Å². The summed E-state index contributed by atoms with van der Waals surface area (Å²) >= 11 is 0. The number of nitrogens with zero attached hydrogens (tertiary/aromatic N) is 3. The van der Waals surface area contributed by atoms with Crippen LogP contribution in [0.3, 0.4) is 0 Å². The van der Waals surface area contributed by atoms with Crippen LogP contribution in [0.2, 0.25) is 0 Å². The monoisotopic (exact) mass is 220 g/mol. The summed E-state index contributed by atoms with van der Waals surface area (Å²) in [5.74, 6) is 1.47. The zero-order valence-electron chi connectivity index (χ0n) is 8.77. The average molecular weight is 220 g/mol. The van der Waals surface area contributed by atoms with E-state index in [1.165, 1.54) is 4.90 Å². The number of hydrogen-bond acceptors (Lipinski definition) is 3. The van der Waals surface area contributed by atoms with E-state index in [1.807, 2.05) is 6.20 Å². The number of urea groups is 1. The van der Waals surface area contributed by atoms with Gasteiger partial charge in [0.15, 0.2) is 5.82 Å². The molecule has 0 aromatic carbocycles. The Hall–Kier alpha value is -1.85. The zero-order chi connectivity index (χ0) is 11.1. The highest BCUT2D eigenvalue weighted by Crippen LogP contribution is 2.21. The largest absolute Gasteiger partial charge is 0.333 e. The molecule has 84 valence electrons. The molecule has 0 aliphatic carbocycles. The summed E-state index contributed by atoms with van der Waals surface area (Å²) in [6.45, 7) is 1.39. The minimum absolute atomic E-state index is 0.215. The van der Waals surface area contributed by atoms with Crippen molar-refractivity contribution in [3.8, 4) is 0 Å². The lowest BCUT2D eigenvalue weighted by Crippen LogP contribution is -2.49. The fraction of sp³-hybridized carbons (Fsp3) is 0.500. The van der Waals surface area contributed by atoms with Crippen molar-refractivity contribution in [3.63, 3.8) is 0 Å². The molecule has 6 nitrogen and oxygen atoms in total. The van der Waals surface area contributed by atoms with Crippen LogP contribution >= 0.6 is 0 Å². The molecule has 1 saturated heterocycles. The molecule has 2 aliphatic rings. The molecule has 2 aliphatic heterocycles. The van der Waals surface area contributed by atoms with E-state index in [0.717, 1.165) is 25.2 Å². The summed E-state index contributed by atoms with van der Waals surface area (Å²) in [7, 11) is 0. The summed E-state index contributed by atoms with van der Waals surface area (Å²) in [4.78, 5) is 28.5. The van der Waals surface area contributed by atoms with Crippen molar-refractivity contribution >= 4 is 17.8 Å². The maximum absolute atomic E-state index is 11.6. The summed E-state index contributed by atoms with van der Waals surface area (Å²) in [5, 5.41) is 2.29. The van der Waals surface area contributed by atoms with Gasteiger partial charge in [0.1, 0.15) is 5.82 Å². The van der Waals surface area contributed by atoms with E-state index < -0.39 is 0 Å². The van der Waals surface area contributed by atoms with Gasteiger partial charge in [-0.2, -0.15) is 0 Å². The topological polar surface area (TPSA) is 67.2 Å².